The van der Waals surface area contributed by atoms with E-state index in [4.69, 9.17) is 9.47 Å². The van der Waals surface area contributed by atoms with Gasteiger partial charge >= 0.3 is 0 Å². The van der Waals surface area contributed by atoms with Crippen LogP contribution in [0.4, 0.5) is 0 Å². The third-order valence-corrected chi connectivity index (χ3v) is 2.91. The van der Waals surface area contributed by atoms with Crippen molar-refractivity contribution in [3.63, 3.8) is 0 Å². The van der Waals surface area contributed by atoms with E-state index in [1.807, 2.05) is 31.2 Å². The summed E-state index contributed by atoms with van der Waals surface area (Å²) >= 11 is 0. The van der Waals surface area contributed by atoms with Crippen LogP contribution in [0.1, 0.15) is 40.0 Å². The van der Waals surface area contributed by atoms with Crippen LogP contribution in [0.5, 0.6) is 11.5 Å². The Morgan fingerprint density at radius 1 is 0.947 bits per heavy atom. The minimum atomic E-state index is 0.441. The van der Waals surface area contributed by atoms with Crippen LogP contribution in [0, 0.1) is 0 Å². The number of hydrogen-bond donors (Lipinski definition) is 1. The molecule has 0 saturated carbocycles. The van der Waals surface area contributed by atoms with E-state index in [1.165, 1.54) is 6.42 Å². The van der Waals surface area contributed by atoms with E-state index in [0.717, 1.165) is 37.5 Å². The van der Waals surface area contributed by atoms with Crippen LogP contribution in [-0.4, -0.2) is 25.8 Å². The largest absolute Gasteiger partial charge is 0.494 e. The Morgan fingerprint density at radius 2 is 1.58 bits per heavy atom. The Balaban J connectivity index is 2.39. The van der Waals surface area contributed by atoms with E-state index >= 15 is 0 Å². The van der Waals surface area contributed by atoms with Crippen LogP contribution >= 0.6 is 0 Å². The Kier molecular flexibility index (Phi) is 8.07. The summed E-state index contributed by atoms with van der Waals surface area (Å²) in [4.78, 5) is 0. The lowest BCUT2D eigenvalue weighted by Crippen LogP contribution is -2.35. The molecule has 0 bridgehead atoms. The molecule has 1 N–H and O–H groups in total. The lowest BCUT2D eigenvalue weighted by atomic mass is 10.2. The first-order valence-electron chi connectivity index (χ1n) is 7.39. The predicted octanol–water partition coefficient (Wildman–Crippen LogP) is 3.63. The molecule has 1 aromatic carbocycles. The summed E-state index contributed by atoms with van der Waals surface area (Å²) < 4.78 is 11.2. The number of rotatable bonds is 10. The third kappa shape index (κ3) is 6.48. The SMILES string of the molecule is CCCNC(CCC)COc1ccc(OCC)cc1. The van der Waals surface area contributed by atoms with Gasteiger partial charge in [0, 0.05) is 6.04 Å². The lowest BCUT2D eigenvalue weighted by Gasteiger charge is -2.18. The molecular formula is C16H27NO2. The molecule has 0 saturated heterocycles. The van der Waals surface area contributed by atoms with Gasteiger partial charge in [0.1, 0.15) is 18.1 Å². The van der Waals surface area contributed by atoms with Crippen molar-refractivity contribution in [2.75, 3.05) is 19.8 Å². The second-order valence-corrected chi connectivity index (χ2v) is 4.66. The number of benzene rings is 1. The number of ether oxygens (including phenoxy) is 2. The van der Waals surface area contributed by atoms with Gasteiger partial charge in [-0.3, -0.25) is 0 Å². The van der Waals surface area contributed by atoms with Crippen molar-refractivity contribution >= 4 is 0 Å². The summed E-state index contributed by atoms with van der Waals surface area (Å²) in [6, 6.07) is 8.28. The molecule has 1 aromatic rings. The molecule has 0 spiro atoms. The van der Waals surface area contributed by atoms with E-state index in [9.17, 15) is 0 Å². The van der Waals surface area contributed by atoms with Gasteiger partial charge in [0.05, 0.1) is 6.61 Å². The quantitative estimate of drug-likeness (QED) is 0.700. The van der Waals surface area contributed by atoms with Crippen molar-refractivity contribution < 1.29 is 9.47 Å². The highest BCUT2D eigenvalue weighted by Gasteiger charge is 2.07. The first-order valence-corrected chi connectivity index (χ1v) is 7.39. The molecule has 0 aliphatic carbocycles. The molecule has 108 valence electrons. The first kappa shape index (κ1) is 15.8. The normalized spacial score (nSPS) is 12.2. The molecule has 1 rings (SSSR count). The Morgan fingerprint density at radius 3 is 2.11 bits per heavy atom. The fourth-order valence-electron chi connectivity index (χ4n) is 1.94. The minimum absolute atomic E-state index is 0.441. The molecule has 0 radical (unpaired) electrons. The number of hydrogen-bond acceptors (Lipinski definition) is 3. The van der Waals surface area contributed by atoms with Crippen LogP contribution in [0.2, 0.25) is 0 Å². The maximum atomic E-state index is 5.83. The summed E-state index contributed by atoms with van der Waals surface area (Å²) in [7, 11) is 0. The highest BCUT2D eigenvalue weighted by Crippen LogP contribution is 2.17. The molecule has 0 aliphatic heterocycles. The monoisotopic (exact) mass is 265 g/mol. The molecule has 0 aliphatic rings. The van der Waals surface area contributed by atoms with Gasteiger partial charge in [0.25, 0.3) is 0 Å². The van der Waals surface area contributed by atoms with Gasteiger partial charge < -0.3 is 14.8 Å². The van der Waals surface area contributed by atoms with Crippen LogP contribution in [0.3, 0.4) is 0 Å². The van der Waals surface area contributed by atoms with Crippen LogP contribution in [0.25, 0.3) is 0 Å². The third-order valence-electron chi connectivity index (χ3n) is 2.91. The van der Waals surface area contributed by atoms with E-state index in [-0.39, 0.29) is 0 Å². The molecular weight excluding hydrogens is 238 g/mol. The summed E-state index contributed by atoms with van der Waals surface area (Å²) in [5, 5.41) is 3.52. The Labute approximate surface area is 117 Å². The molecule has 0 fully saturated rings. The zero-order valence-corrected chi connectivity index (χ0v) is 12.4. The van der Waals surface area contributed by atoms with Crippen LogP contribution < -0.4 is 14.8 Å². The summed E-state index contributed by atoms with van der Waals surface area (Å²) in [5.41, 5.74) is 0. The summed E-state index contributed by atoms with van der Waals surface area (Å²) in [6.07, 6.45) is 3.48. The highest BCUT2D eigenvalue weighted by atomic mass is 16.5. The van der Waals surface area contributed by atoms with E-state index in [1.54, 1.807) is 0 Å². The molecule has 0 amide bonds. The standard InChI is InChI=1S/C16H27NO2/c1-4-7-14(17-12-5-2)13-19-16-10-8-15(9-11-16)18-6-3/h8-11,14,17H,4-7,12-13H2,1-3H3. The summed E-state index contributed by atoms with van der Waals surface area (Å²) in [6.45, 7) is 8.85. The zero-order chi connectivity index (χ0) is 13.9. The molecule has 0 aromatic heterocycles. The van der Waals surface area contributed by atoms with Crippen molar-refractivity contribution in [2.24, 2.45) is 0 Å². The zero-order valence-electron chi connectivity index (χ0n) is 12.4. The van der Waals surface area contributed by atoms with Crippen LogP contribution in [-0.2, 0) is 0 Å². The number of nitrogens with one attached hydrogen (secondary N) is 1. The average Bonchev–Trinajstić information content (AvgIpc) is 2.44. The maximum Gasteiger partial charge on any atom is 0.119 e. The molecule has 0 heterocycles. The van der Waals surface area contributed by atoms with Gasteiger partial charge in [-0.05, 0) is 50.6 Å². The first-order chi connectivity index (χ1) is 9.30. The smallest absolute Gasteiger partial charge is 0.119 e. The van der Waals surface area contributed by atoms with E-state index < -0.39 is 0 Å². The molecule has 3 heteroatoms. The van der Waals surface area contributed by atoms with Gasteiger partial charge in [-0.2, -0.15) is 0 Å². The van der Waals surface area contributed by atoms with Gasteiger partial charge in [-0.1, -0.05) is 20.3 Å². The maximum absolute atomic E-state index is 5.83. The second-order valence-electron chi connectivity index (χ2n) is 4.66. The molecule has 1 unspecified atom stereocenters. The van der Waals surface area contributed by atoms with Crippen molar-refractivity contribution in [3.05, 3.63) is 24.3 Å². The lowest BCUT2D eigenvalue weighted by molar-refractivity contribution is 0.255. The van der Waals surface area contributed by atoms with E-state index in [0.29, 0.717) is 12.6 Å². The molecule has 19 heavy (non-hydrogen) atoms. The second kappa shape index (κ2) is 9.68. The van der Waals surface area contributed by atoms with Crippen LogP contribution in [0.15, 0.2) is 24.3 Å². The van der Waals surface area contributed by atoms with Gasteiger partial charge in [-0.25, -0.2) is 0 Å². The Hall–Kier alpha value is -1.22. The topological polar surface area (TPSA) is 30.5 Å². The van der Waals surface area contributed by atoms with Crippen molar-refractivity contribution in [3.8, 4) is 11.5 Å². The van der Waals surface area contributed by atoms with Gasteiger partial charge in [-0.15, -0.1) is 0 Å². The Bertz CT molecular complexity index is 324. The van der Waals surface area contributed by atoms with Gasteiger partial charge in [0.2, 0.25) is 0 Å². The van der Waals surface area contributed by atoms with Crippen molar-refractivity contribution in [1.29, 1.82) is 0 Å². The van der Waals surface area contributed by atoms with Crippen molar-refractivity contribution in [2.45, 2.75) is 46.1 Å². The fraction of sp³-hybridized carbons (Fsp3) is 0.625. The predicted molar refractivity (Wildman–Crippen MR) is 80.1 cm³/mol. The average molecular weight is 265 g/mol. The fourth-order valence-corrected chi connectivity index (χ4v) is 1.94. The van der Waals surface area contributed by atoms with Gasteiger partial charge in [0.15, 0.2) is 0 Å². The highest BCUT2D eigenvalue weighted by molar-refractivity contribution is 5.31. The molecule has 1 atom stereocenters. The minimum Gasteiger partial charge on any atom is -0.494 e. The van der Waals surface area contributed by atoms with E-state index in [2.05, 4.69) is 19.2 Å². The molecule has 3 nitrogen and oxygen atoms in total. The summed E-state index contributed by atoms with van der Waals surface area (Å²) in [5.74, 6) is 1.80. The van der Waals surface area contributed by atoms with Crippen molar-refractivity contribution in [1.82, 2.24) is 5.32 Å².